The maximum absolute atomic E-state index is 12.2. The number of sulfonamides is 1. The second-order valence-electron chi connectivity index (χ2n) is 5.94. The van der Waals surface area contributed by atoms with Gasteiger partial charge < -0.3 is 14.4 Å². The molecule has 0 bridgehead atoms. The van der Waals surface area contributed by atoms with Crippen LogP contribution in [0, 0.1) is 0 Å². The van der Waals surface area contributed by atoms with Crippen LogP contribution in [-0.2, 0) is 19.6 Å². The number of ether oxygens (including phenoxy) is 2. The SMILES string of the molecule is CNS(=O)(=O)c1cc(C(=O)OCC(=O)N2CCCCCC2)ccc1OC. The zero-order chi connectivity index (χ0) is 19.2. The van der Waals surface area contributed by atoms with Crippen LogP contribution in [0.4, 0.5) is 0 Å². The van der Waals surface area contributed by atoms with Crippen molar-refractivity contribution >= 4 is 21.9 Å². The Bertz CT molecular complexity index is 755. The number of nitrogens with one attached hydrogen (secondary N) is 1. The largest absolute Gasteiger partial charge is 0.495 e. The summed E-state index contributed by atoms with van der Waals surface area (Å²) in [6, 6.07) is 3.94. The van der Waals surface area contributed by atoms with E-state index < -0.39 is 16.0 Å². The van der Waals surface area contributed by atoms with Crippen molar-refractivity contribution in [1.29, 1.82) is 0 Å². The van der Waals surface area contributed by atoms with Gasteiger partial charge >= 0.3 is 5.97 Å². The molecule has 9 heteroatoms. The predicted octanol–water partition coefficient (Wildman–Crippen LogP) is 1.16. The maximum atomic E-state index is 12.2. The van der Waals surface area contributed by atoms with Gasteiger partial charge in [-0.05, 0) is 38.1 Å². The zero-order valence-corrected chi connectivity index (χ0v) is 15.8. The van der Waals surface area contributed by atoms with Crippen LogP contribution < -0.4 is 9.46 Å². The molecule has 1 heterocycles. The first kappa shape index (κ1) is 20.2. The molecule has 1 amide bonds. The van der Waals surface area contributed by atoms with E-state index in [4.69, 9.17) is 9.47 Å². The van der Waals surface area contributed by atoms with E-state index in [1.807, 2.05) is 0 Å². The summed E-state index contributed by atoms with van der Waals surface area (Å²) in [4.78, 5) is 25.9. The quantitative estimate of drug-likeness (QED) is 0.739. The molecular weight excluding hydrogens is 360 g/mol. The fourth-order valence-corrected chi connectivity index (χ4v) is 3.66. The lowest BCUT2D eigenvalue weighted by molar-refractivity contribution is -0.134. The van der Waals surface area contributed by atoms with E-state index in [2.05, 4.69) is 4.72 Å². The Hall–Kier alpha value is -2.13. The van der Waals surface area contributed by atoms with Crippen LogP contribution >= 0.6 is 0 Å². The van der Waals surface area contributed by atoms with Gasteiger partial charge in [0.15, 0.2) is 6.61 Å². The van der Waals surface area contributed by atoms with Gasteiger partial charge in [0.25, 0.3) is 5.91 Å². The lowest BCUT2D eigenvalue weighted by atomic mass is 10.2. The fourth-order valence-electron chi connectivity index (χ4n) is 2.75. The Kier molecular flexibility index (Phi) is 6.98. The van der Waals surface area contributed by atoms with Crippen molar-refractivity contribution in [2.24, 2.45) is 0 Å². The first-order valence-electron chi connectivity index (χ1n) is 8.45. The van der Waals surface area contributed by atoms with Gasteiger partial charge in [-0.3, -0.25) is 4.79 Å². The smallest absolute Gasteiger partial charge is 0.338 e. The van der Waals surface area contributed by atoms with Crippen molar-refractivity contribution in [1.82, 2.24) is 9.62 Å². The van der Waals surface area contributed by atoms with E-state index in [1.54, 1.807) is 4.90 Å². The summed E-state index contributed by atoms with van der Waals surface area (Å²) in [5, 5.41) is 0. The van der Waals surface area contributed by atoms with Gasteiger partial charge in [0.05, 0.1) is 12.7 Å². The molecule has 1 fully saturated rings. The second kappa shape index (κ2) is 9.00. The molecule has 0 aromatic heterocycles. The van der Waals surface area contributed by atoms with E-state index in [9.17, 15) is 18.0 Å². The molecule has 0 saturated carbocycles. The van der Waals surface area contributed by atoms with Gasteiger partial charge in [0, 0.05) is 13.1 Å². The summed E-state index contributed by atoms with van der Waals surface area (Å²) in [6.07, 6.45) is 4.09. The lowest BCUT2D eigenvalue weighted by Gasteiger charge is -2.20. The number of hydrogen-bond donors (Lipinski definition) is 1. The molecule has 1 aliphatic rings. The summed E-state index contributed by atoms with van der Waals surface area (Å²) >= 11 is 0. The Morgan fingerprint density at radius 3 is 2.38 bits per heavy atom. The minimum atomic E-state index is -3.81. The highest BCUT2D eigenvalue weighted by Gasteiger charge is 2.22. The molecule has 0 atom stereocenters. The van der Waals surface area contributed by atoms with Gasteiger partial charge in [0.2, 0.25) is 10.0 Å². The number of carbonyl (C=O) groups is 2. The molecular formula is C17H24N2O6S. The topological polar surface area (TPSA) is 102 Å². The van der Waals surface area contributed by atoms with Gasteiger partial charge in [0.1, 0.15) is 10.6 Å². The molecule has 144 valence electrons. The third-order valence-corrected chi connectivity index (χ3v) is 5.68. The highest BCUT2D eigenvalue weighted by Crippen LogP contribution is 2.25. The standard InChI is InChI=1S/C17H24N2O6S/c1-18-26(22,23)15-11-13(7-8-14(15)24-2)17(21)25-12-16(20)19-9-5-3-4-6-10-19/h7-8,11,18H,3-6,9-10,12H2,1-2H3. The van der Waals surface area contributed by atoms with E-state index in [0.717, 1.165) is 25.7 Å². The number of nitrogens with zero attached hydrogens (tertiary/aromatic N) is 1. The molecule has 1 aliphatic heterocycles. The van der Waals surface area contributed by atoms with Gasteiger partial charge in [-0.25, -0.2) is 17.9 Å². The Morgan fingerprint density at radius 1 is 1.15 bits per heavy atom. The Balaban J connectivity index is 2.07. The average molecular weight is 384 g/mol. The first-order chi connectivity index (χ1) is 12.4. The molecule has 8 nitrogen and oxygen atoms in total. The maximum Gasteiger partial charge on any atom is 0.338 e. The molecule has 26 heavy (non-hydrogen) atoms. The summed E-state index contributed by atoms with van der Waals surface area (Å²) in [5.41, 5.74) is 0.0308. The van der Waals surface area contributed by atoms with Crippen LogP contribution in [0.5, 0.6) is 5.75 Å². The number of amides is 1. The highest BCUT2D eigenvalue weighted by atomic mass is 32.2. The molecule has 2 rings (SSSR count). The summed E-state index contributed by atoms with van der Waals surface area (Å²) in [5.74, 6) is -0.892. The Morgan fingerprint density at radius 2 is 1.81 bits per heavy atom. The molecule has 0 unspecified atom stereocenters. The average Bonchev–Trinajstić information content (AvgIpc) is 2.94. The summed E-state index contributed by atoms with van der Waals surface area (Å²) in [7, 11) is -1.21. The van der Waals surface area contributed by atoms with Crippen LogP contribution in [-0.4, -0.2) is 59.0 Å². The fraction of sp³-hybridized carbons (Fsp3) is 0.529. The minimum absolute atomic E-state index is 0.0308. The van der Waals surface area contributed by atoms with Crippen molar-refractivity contribution in [3.8, 4) is 5.75 Å². The number of esters is 1. The Labute approximate surface area is 153 Å². The van der Waals surface area contributed by atoms with E-state index >= 15 is 0 Å². The van der Waals surface area contributed by atoms with Crippen LogP contribution in [0.25, 0.3) is 0 Å². The number of benzene rings is 1. The summed E-state index contributed by atoms with van der Waals surface area (Å²) < 4.78 is 36.4. The predicted molar refractivity (Wildman–Crippen MR) is 94.6 cm³/mol. The van der Waals surface area contributed by atoms with Crippen molar-refractivity contribution < 1.29 is 27.5 Å². The van der Waals surface area contributed by atoms with Crippen molar-refractivity contribution in [3.05, 3.63) is 23.8 Å². The van der Waals surface area contributed by atoms with Crippen LogP contribution in [0.1, 0.15) is 36.0 Å². The van der Waals surface area contributed by atoms with Crippen molar-refractivity contribution in [3.63, 3.8) is 0 Å². The molecule has 1 aromatic rings. The third-order valence-electron chi connectivity index (χ3n) is 4.24. The van der Waals surface area contributed by atoms with E-state index in [0.29, 0.717) is 13.1 Å². The number of hydrogen-bond acceptors (Lipinski definition) is 6. The molecule has 1 aromatic carbocycles. The second-order valence-corrected chi connectivity index (χ2v) is 7.80. The molecule has 1 saturated heterocycles. The number of methoxy groups -OCH3 is 1. The lowest BCUT2D eigenvalue weighted by Crippen LogP contribution is -2.35. The molecule has 0 aliphatic carbocycles. The van der Waals surface area contributed by atoms with Crippen LogP contribution in [0.15, 0.2) is 23.1 Å². The molecule has 1 N–H and O–H groups in total. The minimum Gasteiger partial charge on any atom is -0.495 e. The van der Waals surface area contributed by atoms with E-state index in [-0.39, 0.29) is 28.7 Å². The van der Waals surface area contributed by atoms with Crippen LogP contribution in [0.2, 0.25) is 0 Å². The van der Waals surface area contributed by atoms with Gasteiger partial charge in [-0.2, -0.15) is 0 Å². The molecule has 0 spiro atoms. The van der Waals surface area contributed by atoms with Crippen molar-refractivity contribution in [2.75, 3.05) is 33.9 Å². The highest BCUT2D eigenvalue weighted by molar-refractivity contribution is 7.89. The number of carbonyl (C=O) groups excluding carboxylic acids is 2. The molecule has 0 radical (unpaired) electrons. The number of rotatable bonds is 6. The number of likely N-dealkylation sites (tertiary alicyclic amines) is 1. The zero-order valence-electron chi connectivity index (χ0n) is 15.0. The van der Waals surface area contributed by atoms with Crippen molar-refractivity contribution in [2.45, 2.75) is 30.6 Å². The van der Waals surface area contributed by atoms with E-state index in [1.165, 1.54) is 32.4 Å². The first-order valence-corrected chi connectivity index (χ1v) is 9.94. The summed E-state index contributed by atoms with van der Waals surface area (Å²) in [6.45, 7) is 0.978. The monoisotopic (exact) mass is 384 g/mol. The third kappa shape index (κ3) is 4.95. The van der Waals surface area contributed by atoms with Gasteiger partial charge in [-0.1, -0.05) is 12.8 Å². The normalized spacial score (nSPS) is 15.2. The van der Waals surface area contributed by atoms with Gasteiger partial charge in [-0.15, -0.1) is 0 Å². The van der Waals surface area contributed by atoms with Crippen LogP contribution in [0.3, 0.4) is 0 Å².